The van der Waals surface area contributed by atoms with Gasteiger partial charge in [-0.1, -0.05) is 54.1 Å². The van der Waals surface area contributed by atoms with Gasteiger partial charge in [-0.25, -0.2) is 12.8 Å². The van der Waals surface area contributed by atoms with Crippen molar-refractivity contribution in [1.29, 1.82) is 0 Å². The molecule has 0 heterocycles. The van der Waals surface area contributed by atoms with Crippen molar-refractivity contribution in [3.8, 4) is 0 Å². The maximum atomic E-state index is 14.1. The van der Waals surface area contributed by atoms with Gasteiger partial charge in [-0.2, -0.15) is 0 Å². The minimum absolute atomic E-state index is 0.0140. The number of carbonyl (C=O) groups excluding carboxylic acids is 1. The van der Waals surface area contributed by atoms with Gasteiger partial charge in [-0.05, 0) is 42.3 Å². The molecule has 1 N–H and O–H groups in total. The maximum absolute atomic E-state index is 14.1. The van der Waals surface area contributed by atoms with Crippen LogP contribution in [-0.4, -0.2) is 20.6 Å². The summed E-state index contributed by atoms with van der Waals surface area (Å²) in [5.41, 5.74) is 3.24. The van der Waals surface area contributed by atoms with E-state index in [9.17, 15) is 17.6 Å². The van der Waals surface area contributed by atoms with Gasteiger partial charge in [0.2, 0.25) is 10.0 Å². The number of aryl methyl sites for hydroxylation is 1. The van der Waals surface area contributed by atoms with Gasteiger partial charge in [0.05, 0.1) is 18.5 Å². The lowest BCUT2D eigenvalue weighted by molar-refractivity contribution is 0.0951. The Kier molecular flexibility index (Phi) is 6.52. The van der Waals surface area contributed by atoms with Crippen LogP contribution in [0.4, 0.5) is 10.1 Å². The minimum atomic E-state index is -3.69. The number of benzene rings is 3. The van der Waals surface area contributed by atoms with E-state index in [-0.39, 0.29) is 18.1 Å². The summed E-state index contributed by atoms with van der Waals surface area (Å²) in [4.78, 5) is 12.4. The third-order valence-electron chi connectivity index (χ3n) is 4.64. The quantitative estimate of drug-likeness (QED) is 0.620. The van der Waals surface area contributed by atoms with E-state index in [4.69, 9.17) is 0 Å². The van der Waals surface area contributed by atoms with Gasteiger partial charge < -0.3 is 5.32 Å². The van der Waals surface area contributed by atoms with Crippen molar-refractivity contribution in [3.63, 3.8) is 0 Å². The second-order valence-electron chi connectivity index (χ2n) is 7.09. The molecule has 0 unspecified atom stereocenters. The summed E-state index contributed by atoms with van der Waals surface area (Å²) in [5, 5.41) is 2.86. The Morgan fingerprint density at radius 2 is 1.53 bits per heavy atom. The molecular weight excluding hydrogens is 403 g/mol. The van der Waals surface area contributed by atoms with Crippen LogP contribution >= 0.6 is 0 Å². The number of nitrogens with zero attached hydrogens (tertiary/aromatic N) is 1. The van der Waals surface area contributed by atoms with Crippen molar-refractivity contribution in [3.05, 3.63) is 101 Å². The van der Waals surface area contributed by atoms with E-state index in [1.54, 1.807) is 30.3 Å². The van der Waals surface area contributed by atoms with Crippen molar-refractivity contribution >= 4 is 21.6 Å². The highest BCUT2D eigenvalue weighted by Crippen LogP contribution is 2.23. The molecule has 5 nitrogen and oxygen atoms in total. The van der Waals surface area contributed by atoms with E-state index in [0.717, 1.165) is 21.7 Å². The molecule has 3 rings (SSSR count). The number of para-hydroxylation sites is 1. The second kappa shape index (κ2) is 9.09. The molecule has 156 valence electrons. The number of nitrogens with one attached hydrogen (secondary N) is 1. The van der Waals surface area contributed by atoms with Crippen LogP contribution in [0.5, 0.6) is 0 Å². The van der Waals surface area contributed by atoms with Crippen LogP contribution in [0.1, 0.15) is 27.0 Å². The lowest BCUT2D eigenvalue weighted by Crippen LogP contribution is -2.30. The molecule has 0 aliphatic heterocycles. The molecule has 30 heavy (non-hydrogen) atoms. The summed E-state index contributed by atoms with van der Waals surface area (Å²) in [6.07, 6.45) is 1.03. The summed E-state index contributed by atoms with van der Waals surface area (Å²) >= 11 is 0. The van der Waals surface area contributed by atoms with Crippen molar-refractivity contribution in [2.45, 2.75) is 20.0 Å². The van der Waals surface area contributed by atoms with E-state index in [1.165, 1.54) is 18.2 Å². The lowest BCUT2D eigenvalue weighted by atomic mass is 10.1. The first-order chi connectivity index (χ1) is 14.2. The summed E-state index contributed by atoms with van der Waals surface area (Å²) in [6.45, 7) is 2.38. The Balaban J connectivity index is 1.70. The van der Waals surface area contributed by atoms with E-state index in [0.29, 0.717) is 17.7 Å². The van der Waals surface area contributed by atoms with Gasteiger partial charge in [0.25, 0.3) is 5.91 Å². The molecule has 3 aromatic carbocycles. The average Bonchev–Trinajstić information content (AvgIpc) is 2.72. The van der Waals surface area contributed by atoms with Gasteiger partial charge >= 0.3 is 0 Å². The summed E-state index contributed by atoms with van der Waals surface area (Å²) in [6, 6.07) is 20.2. The second-order valence-corrected chi connectivity index (χ2v) is 8.99. The van der Waals surface area contributed by atoms with Crippen molar-refractivity contribution < 1.29 is 17.6 Å². The lowest BCUT2D eigenvalue weighted by Gasteiger charge is -2.23. The van der Waals surface area contributed by atoms with E-state index in [1.807, 2.05) is 31.2 Å². The van der Waals surface area contributed by atoms with Crippen molar-refractivity contribution in [1.82, 2.24) is 5.32 Å². The van der Waals surface area contributed by atoms with E-state index < -0.39 is 15.8 Å². The zero-order chi connectivity index (χ0) is 21.7. The molecule has 0 spiro atoms. The fraction of sp³-hybridized carbons (Fsp3) is 0.174. The predicted molar refractivity (Wildman–Crippen MR) is 116 cm³/mol. The molecule has 0 aliphatic rings. The first kappa shape index (κ1) is 21.5. The largest absolute Gasteiger partial charge is 0.348 e. The molecule has 7 heteroatoms. The first-order valence-electron chi connectivity index (χ1n) is 9.39. The minimum Gasteiger partial charge on any atom is -0.348 e. The number of carbonyl (C=O) groups is 1. The third kappa shape index (κ3) is 5.45. The molecule has 1 amide bonds. The molecule has 0 bridgehead atoms. The normalized spacial score (nSPS) is 11.2. The number of halogens is 1. The topological polar surface area (TPSA) is 66.5 Å². The number of anilines is 1. The van der Waals surface area contributed by atoms with Crippen LogP contribution in [0.25, 0.3) is 0 Å². The third-order valence-corrected chi connectivity index (χ3v) is 5.76. The molecule has 0 atom stereocenters. The zero-order valence-electron chi connectivity index (χ0n) is 16.8. The smallest absolute Gasteiger partial charge is 0.251 e. The molecule has 0 radical (unpaired) electrons. The van der Waals surface area contributed by atoms with Crippen LogP contribution in [0.3, 0.4) is 0 Å². The zero-order valence-corrected chi connectivity index (χ0v) is 17.6. The Hall–Kier alpha value is -3.19. The van der Waals surface area contributed by atoms with E-state index >= 15 is 0 Å². The molecular formula is C23H23FN2O3S. The highest BCUT2D eigenvalue weighted by molar-refractivity contribution is 7.92. The van der Waals surface area contributed by atoms with Crippen molar-refractivity contribution in [2.24, 2.45) is 0 Å². The highest BCUT2D eigenvalue weighted by Gasteiger charge is 2.21. The van der Waals surface area contributed by atoms with Gasteiger partial charge in [-0.3, -0.25) is 9.10 Å². The average molecular weight is 427 g/mol. The highest BCUT2D eigenvalue weighted by atomic mass is 32.2. The SMILES string of the molecule is Cc1ccc(CNC(=O)c2ccc(CN(c3ccccc3F)S(C)(=O)=O)cc2)cc1. The number of hydrogen-bond acceptors (Lipinski definition) is 3. The standard InChI is InChI=1S/C23H23FN2O3S/c1-17-7-9-18(10-8-17)15-25-23(27)20-13-11-19(12-14-20)16-26(30(2,28)29)22-6-4-3-5-21(22)24/h3-14H,15-16H2,1-2H3,(H,25,27). The number of amides is 1. The summed E-state index contributed by atoms with van der Waals surface area (Å²) in [5.74, 6) is -0.841. The van der Waals surface area contributed by atoms with Gasteiger partial charge in [0, 0.05) is 12.1 Å². The van der Waals surface area contributed by atoms with Crippen LogP contribution in [0.2, 0.25) is 0 Å². The van der Waals surface area contributed by atoms with Gasteiger partial charge in [0.1, 0.15) is 5.82 Å². The van der Waals surface area contributed by atoms with Crippen LogP contribution in [0, 0.1) is 12.7 Å². The molecule has 0 aliphatic carbocycles. The first-order valence-corrected chi connectivity index (χ1v) is 11.2. The number of hydrogen-bond donors (Lipinski definition) is 1. The molecule has 0 fully saturated rings. The Bertz CT molecular complexity index is 1130. The Labute approximate surface area is 176 Å². The summed E-state index contributed by atoms with van der Waals surface area (Å²) < 4.78 is 39.5. The number of rotatable bonds is 7. The Morgan fingerprint density at radius 1 is 0.933 bits per heavy atom. The predicted octanol–water partition coefficient (Wildman–Crippen LogP) is 4.03. The van der Waals surface area contributed by atoms with Crippen molar-refractivity contribution in [2.75, 3.05) is 10.6 Å². The van der Waals surface area contributed by atoms with Gasteiger partial charge in [0.15, 0.2) is 0 Å². The molecule has 0 aromatic heterocycles. The molecule has 0 saturated heterocycles. The number of sulfonamides is 1. The fourth-order valence-electron chi connectivity index (χ4n) is 2.95. The monoisotopic (exact) mass is 426 g/mol. The molecule has 3 aromatic rings. The van der Waals surface area contributed by atoms with Crippen LogP contribution < -0.4 is 9.62 Å². The summed E-state index contributed by atoms with van der Waals surface area (Å²) in [7, 11) is -3.69. The van der Waals surface area contributed by atoms with Gasteiger partial charge in [-0.15, -0.1) is 0 Å². The van der Waals surface area contributed by atoms with Crippen LogP contribution in [0.15, 0.2) is 72.8 Å². The van der Waals surface area contributed by atoms with E-state index in [2.05, 4.69) is 5.32 Å². The fourth-order valence-corrected chi connectivity index (χ4v) is 3.84. The van der Waals surface area contributed by atoms with Crippen LogP contribution in [-0.2, 0) is 23.1 Å². The maximum Gasteiger partial charge on any atom is 0.251 e. The molecule has 0 saturated carbocycles. The Morgan fingerprint density at radius 3 is 2.13 bits per heavy atom.